The molecule has 8 unspecified atom stereocenters. The molecule has 8 atom stereocenters. The molecule has 3 saturated carbocycles. The van der Waals surface area contributed by atoms with Gasteiger partial charge in [-0.05, 0) is 60.2 Å². The first-order valence-corrected chi connectivity index (χ1v) is 7.61. The molecule has 0 aliphatic heterocycles. The van der Waals surface area contributed by atoms with Gasteiger partial charge >= 0.3 is 0 Å². The van der Waals surface area contributed by atoms with Crippen LogP contribution in [0, 0.1) is 47.3 Å². The lowest BCUT2D eigenvalue weighted by Crippen LogP contribution is -2.33. The van der Waals surface area contributed by atoms with Crippen LogP contribution in [0.3, 0.4) is 0 Å². The van der Waals surface area contributed by atoms with E-state index in [4.69, 9.17) is 0 Å². The number of hydrogen-bond acceptors (Lipinski definition) is 0. The third-order valence-electron chi connectivity index (χ3n) is 6.83. The molecule has 3 rings (SSSR count). The molecule has 0 heterocycles. The summed E-state index contributed by atoms with van der Waals surface area (Å²) in [6.45, 7) is 10.1. The standard InChI is InChI=1S/C16H28/c1-9-5-7-14-13-8-6-10(2)15(13)12(4)16(14)11(9)3/h9-16H,5-8H2,1-4H3. The largest absolute Gasteiger partial charge is 0.0622 e. The molecule has 92 valence electrons. The summed E-state index contributed by atoms with van der Waals surface area (Å²) in [4.78, 5) is 0. The molecule has 0 radical (unpaired) electrons. The van der Waals surface area contributed by atoms with Gasteiger partial charge in [0.05, 0.1) is 0 Å². The Kier molecular flexibility index (Phi) is 2.60. The lowest BCUT2D eigenvalue weighted by Gasteiger charge is -2.40. The average molecular weight is 220 g/mol. The number of fused-ring (bicyclic) bond motifs is 3. The van der Waals surface area contributed by atoms with Crippen LogP contribution < -0.4 is 0 Å². The fraction of sp³-hybridized carbons (Fsp3) is 1.00. The molecular formula is C16H28. The molecule has 0 heteroatoms. The van der Waals surface area contributed by atoms with E-state index < -0.39 is 0 Å². The molecule has 16 heavy (non-hydrogen) atoms. The van der Waals surface area contributed by atoms with Crippen LogP contribution in [-0.4, -0.2) is 0 Å². The zero-order valence-electron chi connectivity index (χ0n) is 11.4. The molecule has 0 N–H and O–H groups in total. The maximum Gasteiger partial charge on any atom is -0.0326 e. The van der Waals surface area contributed by atoms with Gasteiger partial charge < -0.3 is 0 Å². The van der Waals surface area contributed by atoms with Crippen molar-refractivity contribution in [2.75, 3.05) is 0 Å². The summed E-state index contributed by atoms with van der Waals surface area (Å²) in [6.07, 6.45) is 6.13. The highest BCUT2D eigenvalue weighted by Gasteiger charge is 2.55. The second-order valence-corrected chi connectivity index (χ2v) is 7.31. The Morgan fingerprint density at radius 3 is 1.81 bits per heavy atom. The highest BCUT2D eigenvalue weighted by atomic mass is 14.6. The maximum atomic E-state index is 2.58. The second-order valence-electron chi connectivity index (χ2n) is 7.31. The molecule has 0 nitrogen and oxygen atoms in total. The Morgan fingerprint density at radius 1 is 0.562 bits per heavy atom. The number of hydrogen-bond donors (Lipinski definition) is 0. The zero-order valence-corrected chi connectivity index (χ0v) is 11.4. The first-order valence-electron chi connectivity index (χ1n) is 7.61. The molecule has 0 bridgehead atoms. The van der Waals surface area contributed by atoms with Crippen molar-refractivity contribution in [2.24, 2.45) is 47.3 Å². The van der Waals surface area contributed by atoms with Crippen molar-refractivity contribution in [1.82, 2.24) is 0 Å². The van der Waals surface area contributed by atoms with Gasteiger partial charge in [-0.15, -0.1) is 0 Å². The van der Waals surface area contributed by atoms with Crippen molar-refractivity contribution in [2.45, 2.75) is 53.4 Å². The van der Waals surface area contributed by atoms with Gasteiger partial charge in [-0.3, -0.25) is 0 Å². The monoisotopic (exact) mass is 220 g/mol. The summed E-state index contributed by atoms with van der Waals surface area (Å²) in [5.74, 6) is 8.40. The van der Waals surface area contributed by atoms with Crippen molar-refractivity contribution in [1.29, 1.82) is 0 Å². The Morgan fingerprint density at radius 2 is 1.12 bits per heavy atom. The van der Waals surface area contributed by atoms with Crippen molar-refractivity contribution in [3.05, 3.63) is 0 Å². The lowest BCUT2D eigenvalue weighted by atomic mass is 9.65. The third-order valence-corrected chi connectivity index (χ3v) is 6.83. The Labute approximate surface area is 101 Å². The van der Waals surface area contributed by atoms with Gasteiger partial charge in [-0.1, -0.05) is 40.5 Å². The van der Waals surface area contributed by atoms with E-state index in [-0.39, 0.29) is 0 Å². The quantitative estimate of drug-likeness (QED) is 0.560. The van der Waals surface area contributed by atoms with Crippen LogP contribution in [0.4, 0.5) is 0 Å². The minimum atomic E-state index is 0.984. The SMILES string of the molecule is CC1CCC2C3CCC(C)C3C(C)C2C1C. The van der Waals surface area contributed by atoms with Gasteiger partial charge in [0.1, 0.15) is 0 Å². The minimum absolute atomic E-state index is 0.984. The summed E-state index contributed by atoms with van der Waals surface area (Å²) in [6, 6.07) is 0. The zero-order chi connectivity index (χ0) is 11.4. The predicted molar refractivity (Wildman–Crippen MR) is 69.1 cm³/mol. The molecule has 0 spiro atoms. The van der Waals surface area contributed by atoms with Crippen molar-refractivity contribution >= 4 is 0 Å². The van der Waals surface area contributed by atoms with Crippen LogP contribution in [0.15, 0.2) is 0 Å². The van der Waals surface area contributed by atoms with Crippen LogP contribution in [0.5, 0.6) is 0 Å². The average Bonchev–Trinajstić information content (AvgIpc) is 2.75. The molecule has 3 fully saturated rings. The van der Waals surface area contributed by atoms with Gasteiger partial charge in [-0.25, -0.2) is 0 Å². The van der Waals surface area contributed by atoms with Crippen LogP contribution in [0.25, 0.3) is 0 Å². The van der Waals surface area contributed by atoms with Crippen LogP contribution in [-0.2, 0) is 0 Å². The molecule has 0 aromatic carbocycles. The molecule has 0 amide bonds. The summed E-state index contributed by atoms with van der Waals surface area (Å²) in [5.41, 5.74) is 0. The summed E-state index contributed by atoms with van der Waals surface area (Å²) in [7, 11) is 0. The van der Waals surface area contributed by atoms with E-state index in [1.807, 2.05) is 0 Å². The second kappa shape index (κ2) is 3.75. The van der Waals surface area contributed by atoms with E-state index >= 15 is 0 Å². The smallest absolute Gasteiger partial charge is 0.0326 e. The molecule has 3 aliphatic rings. The first kappa shape index (κ1) is 11.1. The molecule has 0 aromatic heterocycles. The molecular weight excluding hydrogens is 192 g/mol. The van der Waals surface area contributed by atoms with E-state index in [1.54, 1.807) is 12.8 Å². The third kappa shape index (κ3) is 1.34. The van der Waals surface area contributed by atoms with E-state index in [0.717, 1.165) is 47.3 Å². The fourth-order valence-corrected chi connectivity index (χ4v) is 5.97. The van der Waals surface area contributed by atoms with Gasteiger partial charge in [-0.2, -0.15) is 0 Å². The van der Waals surface area contributed by atoms with E-state index in [2.05, 4.69) is 27.7 Å². The van der Waals surface area contributed by atoms with Crippen LogP contribution in [0.1, 0.15) is 53.4 Å². The minimum Gasteiger partial charge on any atom is -0.0622 e. The van der Waals surface area contributed by atoms with Gasteiger partial charge in [0, 0.05) is 0 Å². The molecule has 3 aliphatic carbocycles. The summed E-state index contributed by atoms with van der Waals surface area (Å²) >= 11 is 0. The van der Waals surface area contributed by atoms with Gasteiger partial charge in [0.25, 0.3) is 0 Å². The number of rotatable bonds is 0. The van der Waals surface area contributed by atoms with E-state index in [9.17, 15) is 0 Å². The Hall–Kier alpha value is 0. The highest BCUT2D eigenvalue weighted by Crippen LogP contribution is 2.62. The predicted octanol–water partition coefficient (Wildman–Crippen LogP) is 4.60. The van der Waals surface area contributed by atoms with Crippen LogP contribution in [0.2, 0.25) is 0 Å². The van der Waals surface area contributed by atoms with Crippen molar-refractivity contribution in [3.63, 3.8) is 0 Å². The van der Waals surface area contributed by atoms with Gasteiger partial charge in [0.2, 0.25) is 0 Å². The summed E-state index contributed by atoms with van der Waals surface area (Å²) < 4.78 is 0. The highest BCUT2D eigenvalue weighted by molar-refractivity contribution is 5.03. The van der Waals surface area contributed by atoms with Gasteiger partial charge in [0.15, 0.2) is 0 Å². The summed E-state index contributed by atoms with van der Waals surface area (Å²) in [5, 5.41) is 0. The Bertz CT molecular complexity index is 269. The maximum absolute atomic E-state index is 2.58. The first-order chi connectivity index (χ1) is 7.61. The molecule has 0 aromatic rings. The van der Waals surface area contributed by atoms with Crippen molar-refractivity contribution in [3.8, 4) is 0 Å². The Balaban J connectivity index is 1.88. The van der Waals surface area contributed by atoms with E-state index in [0.29, 0.717) is 0 Å². The fourth-order valence-electron chi connectivity index (χ4n) is 5.97. The normalized spacial score (nSPS) is 60.8. The van der Waals surface area contributed by atoms with E-state index in [1.165, 1.54) is 12.8 Å². The molecule has 0 saturated heterocycles. The van der Waals surface area contributed by atoms with Crippen molar-refractivity contribution < 1.29 is 0 Å². The van der Waals surface area contributed by atoms with Crippen LogP contribution >= 0.6 is 0 Å². The lowest BCUT2D eigenvalue weighted by molar-refractivity contribution is 0.0889. The topological polar surface area (TPSA) is 0 Å².